The first-order valence-corrected chi connectivity index (χ1v) is 5.76. The van der Waals surface area contributed by atoms with Crippen molar-refractivity contribution >= 4 is 5.69 Å². The molecule has 1 heterocycles. The highest BCUT2D eigenvalue weighted by molar-refractivity contribution is 5.40. The van der Waals surface area contributed by atoms with Crippen LogP contribution in [0.5, 0.6) is 0 Å². The number of nitro benzene ring substituents is 1. The quantitative estimate of drug-likeness (QED) is 0.611. The molecule has 5 nitrogen and oxygen atoms in total. The predicted molar refractivity (Wildman–Crippen MR) is 63.9 cm³/mol. The maximum atomic E-state index is 10.9. The lowest BCUT2D eigenvalue weighted by Crippen LogP contribution is -2.43. The number of nitrogens with one attached hydrogen (secondary N) is 1. The number of nitro groups is 1. The fraction of sp³-hybridized carbons (Fsp3) is 0.500. The van der Waals surface area contributed by atoms with Gasteiger partial charge < -0.3 is 10.4 Å². The lowest BCUT2D eigenvalue weighted by molar-refractivity contribution is -0.385. The fourth-order valence-corrected chi connectivity index (χ4v) is 2.26. The normalized spacial score (nSPS) is 18.9. The Hall–Kier alpha value is -1.46. The molecule has 0 unspecified atom stereocenters. The summed E-state index contributed by atoms with van der Waals surface area (Å²) in [6.07, 6.45) is 1.63. The summed E-state index contributed by atoms with van der Waals surface area (Å²) >= 11 is 0. The molecular formula is C12H16N2O3. The number of rotatable bonds is 3. The molecule has 0 atom stereocenters. The molecular weight excluding hydrogens is 220 g/mol. The van der Waals surface area contributed by atoms with E-state index in [0.29, 0.717) is 24.8 Å². The first-order chi connectivity index (χ1) is 8.11. The van der Waals surface area contributed by atoms with Crippen molar-refractivity contribution in [3.05, 3.63) is 39.9 Å². The first-order valence-electron chi connectivity index (χ1n) is 5.76. The van der Waals surface area contributed by atoms with E-state index in [1.165, 1.54) is 6.07 Å². The number of benzene rings is 1. The largest absolute Gasteiger partial charge is 0.389 e. The second-order valence-corrected chi connectivity index (χ2v) is 4.54. The molecule has 1 fully saturated rings. The van der Waals surface area contributed by atoms with E-state index < -0.39 is 5.60 Å². The smallest absolute Gasteiger partial charge is 0.272 e. The minimum Gasteiger partial charge on any atom is -0.389 e. The summed E-state index contributed by atoms with van der Waals surface area (Å²) in [5.41, 5.74) is -0.0986. The summed E-state index contributed by atoms with van der Waals surface area (Å²) < 4.78 is 0. The Morgan fingerprint density at radius 2 is 2.00 bits per heavy atom. The van der Waals surface area contributed by atoms with Gasteiger partial charge in [0.15, 0.2) is 0 Å². The number of piperidine rings is 1. The molecule has 17 heavy (non-hydrogen) atoms. The molecule has 0 amide bonds. The van der Waals surface area contributed by atoms with Crippen LogP contribution < -0.4 is 5.32 Å². The van der Waals surface area contributed by atoms with Crippen LogP contribution in [0.2, 0.25) is 0 Å². The molecule has 2 N–H and O–H groups in total. The van der Waals surface area contributed by atoms with Crippen molar-refractivity contribution in [2.24, 2.45) is 0 Å². The molecule has 2 rings (SSSR count). The number of hydrogen-bond acceptors (Lipinski definition) is 4. The van der Waals surface area contributed by atoms with E-state index in [9.17, 15) is 15.2 Å². The fourth-order valence-electron chi connectivity index (χ4n) is 2.26. The van der Waals surface area contributed by atoms with Crippen LogP contribution in [0, 0.1) is 10.1 Å². The molecule has 0 bridgehead atoms. The van der Waals surface area contributed by atoms with Gasteiger partial charge in [0, 0.05) is 18.1 Å². The Labute approximate surface area is 99.6 Å². The van der Waals surface area contributed by atoms with E-state index in [1.54, 1.807) is 18.2 Å². The van der Waals surface area contributed by atoms with Crippen LogP contribution in [0.3, 0.4) is 0 Å². The first kappa shape index (κ1) is 12.0. The van der Waals surface area contributed by atoms with E-state index in [-0.39, 0.29) is 10.6 Å². The van der Waals surface area contributed by atoms with Gasteiger partial charge in [-0.3, -0.25) is 10.1 Å². The third-order valence-electron chi connectivity index (χ3n) is 3.24. The lowest BCUT2D eigenvalue weighted by Gasteiger charge is -2.32. The number of para-hydroxylation sites is 1. The monoisotopic (exact) mass is 236 g/mol. The summed E-state index contributed by atoms with van der Waals surface area (Å²) in [4.78, 5) is 10.5. The maximum absolute atomic E-state index is 10.9. The van der Waals surface area contributed by atoms with E-state index >= 15 is 0 Å². The molecule has 0 aromatic heterocycles. The Morgan fingerprint density at radius 1 is 1.35 bits per heavy atom. The molecule has 0 saturated carbocycles. The molecule has 1 saturated heterocycles. The molecule has 0 radical (unpaired) electrons. The highest BCUT2D eigenvalue weighted by atomic mass is 16.6. The zero-order chi connectivity index (χ0) is 12.3. The van der Waals surface area contributed by atoms with Crippen LogP contribution in [0.15, 0.2) is 24.3 Å². The standard InChI is InChI=1S/C12H16N2O3/c15-12(5-7-13-8-6-12)9-10-3-1-2-4-11(10)14(16)17/h1-4,13,15H,5-9H2. The molecule has 1 aromatic carbocycles. The molecule has 5 heteroatoms. The van der Waals surface area contributed by atoms with E-state index in [4.69, 9.17) is 0 Å². The highest BCUT2D eigenvalue weighted by Crippen LogP contribution is 2.27. The SMILES string of the molecule is O=[N+]([O-])c1ccccc1CC1(O)CCNCC1. The second kappa shape index (κ2) is 4.81. The molecule has 1 aromatic rings. The third-order valence-corrected chi connectivity index (χ3v) is 3.24. The summed E-state index contributed by atoms with van der Waals surface area (Å²) in [5, 5.41) is 24.4. The van der Waals surface area contributed by atoms with Crippen LogP contribution >= 0.6 is 0 Å². The van der Waals surface area contributed by atoms with Gasteiger partial charge >= 0.3 is 0 Å². The molecule has 1 aliphatic heterocycles. The number of aliphatic hydroxyl groups is 1. The minimum atomic E-state index is -0.808. The highest BCUT2D eigenvalue weighted by Gasteiger charge is 2.31. The third kappa shape index (κ3) is 2.81. The molecule has 0 spiro atoms. The molecule has 1 aliphatic rings. The topological polar surface area (TPSA) is 75.4 Å². The Kier molecular flexibility index (Phi) is 3.40. The summed E-state index contributed by atoms with van der Waals surface area (Å²) in [5.74, 6) is 0. The van der Waals surface area contributed by atoms with Crippen molar-refractivity contribution in [1.29, 1.82) is 0 Å². The lowest BCUT2D eigenvalue weighted by atomic mass is 9.85. The van der Waals surface area contributed by atoms with Gasteiger partial charge in [-0.25, -0.2) is 0 Å². The Balaban J connectivity index is 2.20. The number of nitrogens with zero attached hydrogens (tertiary/aromatic N) is 1. The van der Waals surface area contributed by atoms with Crippen LogP contribution in [0.4, 0.5) is 5.69 Å². The zero-order valence-corrected chi connectivity index (χ0v) is 9.56. The molecule has 0 aliphatic carbocycles. The van der Waals surface area contributed by atoms with Crippen molar-refractivity contribution < 1.29 is 10.0 Å². The number of hydrogen-bond donors (Lipinski definition) is 2. The zero-order valence-electron chi connectivity index (χ0n) is 9.56. The average Bonchev–Trinajstić information content (AvgIpc) is 2.29. The van der Waals surface area contributed by atoms with Crippen molar-refractivity contribution in [2.45, 2.75) is 24.9 Å². The van der Waals surface area contributed by atoms with Crippen LogP contribution in [0.25, 0.3) is 0 Å². The summed E-state index contributed by atoms with van der Waals surface area (Å²) in [6, 6.07) is 6.62. The second-order valence-electron chi connectivity index (χ2n) is 4.54. The van der Waals surface area contributed by atoms with Gasteiger partial charge in [-0.15, -0.1) is 0 Å². The summed E-state index contributed by atoms with van der Waals surface area (Å²) in [6.45, 7) is 1.52. The van der Waals surface area contributed by atoms with Gasteiger partial charge in [0.1, 0.15) is 0 Å². The average molecular weight is 236 g/mol. The van der Waals surface area contributed by atoms with Crippen LogP contribution in [0.1, 0.15) is 18.4 Å². The van der Waals surface area contributed by atoms with E-state index in [1.807, 2.05) is 0 Å². The minimum absolute atomic E-state index is 0.0967. The van der Waals surface area contributed by atoms with E-state index in [0.717, 1.165) is 13.1 Å². The van der Waals surface area contributed by atoms with Crippen LogP contribution in [-0.4, -0.2) is 28.7 Å². The van der Waals surface area contributed by atoms with Gasteiger partial charge in [-0.05, 0) is 25.9 Å². The Morgan fingerprint density at radius 3 is 2.65 bits per heavy atom. The van der Waals surface area contributed by atoms with Gasteiger partial charge in [0.2, 0.25) is 0 Å². The maximum Gasteiger partial charge on any atom is 0.272 e. The predicted octanol–water partition coefficient (Wildman–Crippen LogP) is 1.25. The summed E-state index contributed by atoms with van der Waals surface area (Å²) in [7, 11) is 0. The van der Waals surface area contributed by atoms with Crippen molar-refractivity contribution in [2.75, 3.05) is 13.1 Å². The van der Waals surface area contributed by atoms with Crippen molar-refractivity contribution in [3.63, 3.8) is 0 Å². The van der Waals surface area contributed by atoms with E-state index in [2.05, 4.69) is 5.32 Å². The van der Waals surface area contributed by atoms with Gasteiger partial charge in [-0.2, -0.15) is 0 Å². The Bertz CT molecular complexity index is 414. The van der Waals surface area contributed by atoms with Crippen LogP contribution in [-0.2, 0) is 6.42 Å². The van der Waals surface area contributed by atoms with Gasteiger partial charge in [-0.1, -0.05) is 18.2 Å². The van der Waals surface area contributed by atoms with Crippen molar-refractivity contribution in [3.8, 4) is 0 Å². The van der Waals surface area contributed by atoms with Gasteiger partial charge in [0.25, 0.3) is 5.69 Å². The van der Waals surface area contributed by atoms with Crippen molar-refractivity contribution in [1.82, 2.24) is 5.32 Å². The van der Waals surface area contributed by atoms with Gasteiger partial charge in [0.05, 0.1) is 10.5 Å². The molecule has 92 valence electrons.